The Morgan fingerprint density at radius 1 is 1.19 bits per heavy atom. The van der Waals surface area contributed by atoms with E-state index in [2.05, 4.69) is 17.1 Å². The standard InChI is InChI=1S/C21H21N3O2/c1-15-9-11-24-19(12-15)22-13-18(21(24)26)20(25)23-10-5-8-17(14-23)16-6-3-2-4-7-16/h2-4,6-7,9,11-13,17H,5,8,10,14H2,1H3/t17-/m0/s1. The molecule has 1 amide bonds. The van der Waals surface area contributed by atoms with Crippen molar-refractivity contribution in [3.05, 3.63) is 81.9 Å². The zero-order chi connectivity index (χ0) is 18.1. The van der Waals surface area contributed by atoms with Crippen molar-refractivity contribution < 1.29 is 4.79 Å². The molecule has 26 heavy (non-hydrogen) atoms. The van der Waals surface area contributed by atoms with Gasteiger partial charge in [-0.3, -0.25) is 14.0 Å². The van der Waals surface area contributed by atoms with Gasteiger partial charge in [-0.1, -0.05) is 30.3 Å². The van der Waals surface area contributed by atoms with Gasteiger partial charge in [0, 0.05) is 31.4 Å². The molecule has 5 heteroatoms. The lowest BCUT2D eigenvalue weighted by molar-refractivity contribution is 0.0704. The SMILES string of the molecule is Cc1ccn2c(=O)c(C(=O)N3CCC[C@H](c4ccccc4)C3)cnc2c1. The Balaban J connectivity index is 1.63. The van der Waals surface area contributed by atoms with Gasteiger partial charge < -0.3 is 4.90 Å². The maximum atomic E-state index is 13.0. The number of carbonyl (C=O) groups excluding carboxylic acids is 1. The molecule has 0 bridgehead atoms. The van der Waals surface area contributed by atoms with E-state index in [1.165, 1.54) is 16.2 Å². The van der Waals surface area contributed by atoms with Crippen LogP contribution < -0.4 is 5.56 Å². The van der Waals surface area contributed by atoms with E-state index in [0.717, 1.165) is 18.4 Å². The Labute approximate surface area is 151 Å². The quantitative estimate of drug-likeness (QED) is 0.716. The Bertz CT molecular complexity index is 1010. The maximum absolute atomic E-state index is 13.0. The van der Waals surface area contributed by atoms with Crippen molar-refractivity contribution in [3.63, 3.8) is 0 Å². The molecule has 132 valence electrons. The van der Waals surface area contributed by atoms with Crippen molar-refractivity contribution in [2.75, 3.05) is 13.1 Å². The zero-order valence-electron chi connectivity index (χ0n) is 14.8. The first-order chi connectivity index (χ1) is 12.6. The van der Waals surface area contributed by atoms with Crippen molar-refractivity contribution >= 4 is 11.6 Å². The first-order valence-corrected chi connectivity index (χ1v) is 8.96. The molecular weight excluding hydrogens is 326 g/mol. The number of benzene rings is 1. The molecule has 3 heterocycles. The second-order valence-corrected chi connectivity index (χ2v) is 6.91. The molecule has 0 spiro atoms. The van der Waals surface area contributed by atoms with Crippen molar-refractivity contribution in [2.24, 2.45) is 0 Å². The van der Waals surface area contributed by atoms with Crippen LogP contribution in [0.3, 0.4) is 0 Å². The van der Waals surface area contributed by atoms with Crippen LogP contribution in [-0.4, -0.2) is 33.3 Å². The van der Waals surface area contributed by atoms with Gasteiger partial charge in [0.1, 0.15) is 11.2 Å². The van der Waals surface area contributed by atoms with Gasteiger partial charge in [0.25, 0.3) is 11.5 Å². The summed E-state index contributed by atoms with van der Waals surface area (Å²) in [5, 5.41) is 0. The maximum Gasteiger partial charge on any atom is 0.270 e. The highest BCUT2D eigenvalue weighted by molar-refractivity contribution is 5.93. The fraction of sp³-hybridized carbons (Fsp3) is 0.286. The van der Waals surface area contributed by atoms with E-state index in [4.69, 9.17) is 0 Å². The van der Waals surface area contributed by atoms with Crippen molar-refractivity contribution in [1.29, 1.82) is 0 Å². The number of fused-ring (bicyclic) bond motifs is 1. The van der Waals surface area contributed by atoms with E-state index in [1.807, 2.05) is 37.3 Å². The zero-order valence-corrected chi connectivity index (χ0v) is 14.8. The summed E-state index contributed by atoms with van der Waals surface area (Å²) in [5.74, 6) is 0.0887. The summed E-state index contributed by atoms with van der Waals surface area (Å²) in [7, 11) is 0. The van der Waals surface area contributed by atoms with Crippen LogP contribution in [0.25, 0.3) is 5.65 Å². The van der Waals surface area contributed by atoms with Crippen molar-refractivity contribution in [3.8, 4) is 0 Å². The normalized spacial score (nSPS) is 17.4. The molecule has 1 atom stereocenters. The smallest absolute Gasteiger partial charge is 0.270 e. The van der Waals surface area contributed by atoms with E-state index >= 15 is 0 Å². The summed E-state index contributed by atoms with van der Waals surface area (Å²) in [6.07, 6.45) is 5.10. The number of carbonyl (C=O) groups is 1. The Morgan fingerprint density at radius 2 is 2.00 bits per heavy atom. The van der Waals surface area contributed by atoms with Crippen LogP contribution in [0, 0.1) is 6.92 Å². The fourth-order valence-corrected chi connectivity index (χ4v) is 3.65. The molecule has 1 aliphatic heterocycles. The molecule has 0 radical (unpaired) electrons. The lowest BCUT2D eigenvalue weighted by atomic mass is 9.90. The highest BCUT2D eigenvalue weighted by Gasteiger charge is 2.27. The topological polar surface area (TPSA) is 54.7 Å². The number of piperidine rings is 1. The number of rotatable bonds is 2. The van der Waals surface area contributed by atoms with Crippen LogP contribution in [0.4, 0.5) is 0 Å². The molecule has 0 saturated carbocycles. The highest BCUT2D eigenvalue weighted by atomic mass is 16.2. The van der Waals surface area contributed by atoms with Crippen molar-refractivity contribution in [1.82, 2.24) is 14.3 Å². The molecule has 5 nitrogen and oxygen atoms in total. The molecular formula is C21H21N3O2. The molecule has 1 saturated heterocycles. The van der Waals surface area contributed by atoms with Crippen molar-refractivity contribution in [2.45, 2.75) is 25.7 Å². The van der Waals surface area contributed by atoms with E-state index in [-0.39, 0.29) is 17.0 Å². The first-order valence-electron chi connectivity index (χ1n) is 8.96. The van der Waals surface area contributed by atoms with Gasteiger partial charge in [0.2, 0.25) is 0 Å². The molecule has 0 N–H and O–H groups in total. The Kier molecular flexibility index (Phi) is 4.29. The van der Waals surface area contributed by atoms with Crippen LogP contribution in [0.15, 0.2) is 59.7 Å². The second kappa shape index (κ2) is 6.75. The van der Waals surface area contributed by atoms with E-state index < -0.39 is 0 Å². The molecule has 1 aromatic carbocycles. The monoisotopic (exact) mass is 347 g/mol. The lowest BCUT2D eigenvalue weighted by Gasteiger charge is -2.33. The molecule has 2 aromatic heterocycles. The summed E-state index contributed by atoms with van der Waals surface area (Å²) >= 11 is 0. The predicted molar refractivity (Wildman–Crippen MR) is 101 cm³/mol. The van der Waals surface area contributed by atoms with Crippen LogP contribution in [-0.2, 0) is 0 Å². The highest BCUT2D eigenvalue weighted by Crippen LogP contribution is 2.27. The molecule has 3 aromatic rings. The fourth-order valence-electron chi connectivity index (χ4n) is 3.65. The first kappa shape index (κ1) is 16.5. The van der Waals surface area contributed by atoms with Crippen LogP contribution in [0.1, 0.15) is 40.2 Å². The van der Waals surface area contributed by atoms with Gasteiger partial charge in [-0.05, 0) is 43.0 Å². The second-order valence-electron chi connectivity index (χ2n) is 6.91. The van der Waals surface area contributed by atoms with Gasteiger partial charge >= 0.3 is 0 Å². The number of pyridine rings is 1. The predicted octanol–water partition coefficient (Wildman–Crippen LogP) is 3.02. The number of likely N-dealkylation sites (tertiary alicyclic amines) is 1. The third-order valence-electron chi connectivity index (χ3n) is 5.08. The van der Waals surface area contributed by atoms with Gasteiger partial charge in [-0.15, -0.1) is 0 Å². The average molecular weight is 347 g/mol. The third kappa shape index (κ3) is 3.01. The summed E-state index contributed by atoms with van der Waals surface area (Å²) in [4.78, 5) is 31.8. The summed E-state index contributed by atoms with van der Waals surface area (Å²) in [5.41, 5.74) is 2.67. The van der Waals surface area contributed by atoms with Crippen LogP contribution in [0.5, 0.6) is 0 Å². The Hall–Kier alpha value is -2.95. The molecule has 1 fully saturated rings. The number of aryl methyl sites for hydroxylation is 1. The Morgan fingerprint density at radius 3 is 2.81 bits per heavy atom. The minimum atomic E-state index is -0.304. The minimum absolute atomic E-state index is 0.139. The summed E-state index contributed by atoms with van der Waals surface area (Å²) in [6.45, 7) is 3.26. The van der Waals surface area contributed by atoms with E-state index in [0.29, 0.717) is 24.7 Å². The van der Waals surface area contributed by atoms with Gasteiger partial charge in [0.05, 0.1) is 0 Å². The van der Waals surface area contributed by atoms with Crippen LogP contribution in [0.2, 0.25) is 0 Å². The lowest BCUT2D eigenvalue weighted by Crippen LogP contribution is -2.41. The molecule has 4 rings (SSSR count). The number of aromatic nitrogens is 2. The van der Waals surface area contributed by atoms with Gasteiger partial charge in [-0.2, -0.15) is 0 Å². The molecule has 0 unspecified atom stereocenters. The average Bonchev–Trinajstić information content (AvgIpc) is 2.68. The number of amides is 1. The van der Waals surface area contributed by atoms with Gasteiger partial charge in [-0.25, -0.2) is 4.98 Å². The largest absolute Gasteiger partial charge is 0.338 e. The molecule has 0 aliphatic carbocycles. The van der Waals surface area contributed by atoms with Crippen LogP contribution >= 0.6 is 0 Å². The summed E-state index contributed by atoms with van der Waals surface area (Å²) < 4.78 is 1.44. The molecule has 1 aliphatic rings. The number of hydrogen-bond acceptors (Lipinski definition) is 3. The van der Waals surface area contributed by atoms with E-state index in [9.17, 15) is 9.59 Å². The van der Waals surface area contributed by atoms with E-state index in [1.54, 1.807) is 11.1 Å². The minimum Gasteiger partial charge on any atom is -0.338 e. The number of nitrogens with zero attached hydrogens (tertiary/aromatic N) is 3. The van der Waals surface area contributed by atoms with Gasteiger partial charge in [0.15, 0.2) is 0 Å². The summed E-state index contributed by atoms with van der Waals surface area (Å²) in [6, 6.07) is 13.9. The number of hydrogen-bond donors (Lipinski definition) is 0. The third-order valence-corrected chi connectivity index (χ3v) is 5.08.